The number of carbonyl (C=O) groups is 2. The molecule has 2 amide bonds. The second-order valence-corrected chi connectivity index (χ2v) is 5.49. The van der Waals surface area contributed by atoms with Crippen LogP contribution in [0.1, 0.15) is 21.6 Å². The van der Waals surface area contributed by atoms with Crippen LogP contribution in [0.4, 0.5) is 0 Å². The largest absolute Gasteiger partial charge is 0.350 e. The third-order valence-electron chi connectivity index (χ3n) is 3.75. The van der Waals surface area contributed by atoms with E-state index in [0.29, 0.717) is 6.54 Å². The van der Waals surface area contributed by atoms with E-state index in [0.717, 1.165) is 16.6 Å². The molecule has 2 N–H and O–H groups in total. The molecule has 2 aromatic heterocycles. The van der Waals surface area contributed by atoms with Crippen LogP contribution in [0.2, 0.25) is 0 Å². The fourth-order valence-corrected chi connectivity index (χ4v) is 2.36. The van der Waals surface area contributed by atoms with E-state index in [1.54, 1.807) is 16.8 Å². The van der Waals surface area contributed by atoms with Gasteiger partial charge in [0.2, 0.25) is 5.91 Å². The number of hydrogen-bond acceptors (Lipinski definition) is 3. The lowest BCUT2D eigenvalue weighted by atomic mass is 10.1. The summed E-state index contributed by atoms with van der Waals surface area (Å²) in [6, 6.07) is 15.1. The fourth-order valence-electron chi connectivity index (χ4n) is 2.36. The molecule has 0 fully saturated rings. The Morgan fingerprint density at radius 2 is 1.88 bits per heavy atom. The zero-order valence-corrected chi connectivity index (χ0v) is 13.3. The maximum atomic E-state index is 12.1. The van der Waals surface area contributed by atoms with Crippen LogP contribution >= 0.6 is 0 Å². The number of rotatable bonds is 5. The second-order valence-electron chi connectivity index (χ2n) is 5.49. The summed E-state index contributed by atoms with van der Waals surface area (Å²) in [6.07, 6.45) is 1.76. The van der Waals surface area contributed by atoms with Gasteiger partial charge in [-0.15, -0.1) is 0 Å². The van der Waals surface area contributed by atoms with Gasteiger partial charge in [0.1, 0.15) is 0 Å². The SMILES string of the molecule is Cc1ccccc1CNC(=O)CNC(=O)c1cc2ccccn2n1. The molecule has 122 valence electrons. The number of hydrogen-bond donors (Lipinski definition) is 2. The van der Waals surface area contributed by atoms with E-state index >= 15 is 0 Å². The van der Waals surface area contributed by atoms with Crippen molar-refractivity contribution in [2.75, 3.05) is 6.54 Å². The average Bonchev–Trinajstić information content (AvgIpc) is 3.03. The molecule has 3 aromatic rings. The van der Waals surface area contributed by atoms with E-state index in [2.05, 4.69) is 15.7 Å². The average molecular weight is 322 g/mol. The standard InChI is InChI=1S/C18H18N4O2/c1-13-6-2-3-7-14(13)11-19-17(23)12-20-18(24)16-10-15-8-4-5-9-22(15)21-16/h2-10H,11-12H2,1H3,(H,19,23)(H,20,24). The number of nitrogens with one attached hydrogen (secondary N) is 2. The maximum absolute atomic E-state index is 12.1. The zero-order valence-electron chi connectivity index (χ0n) is 13.3. The van der Waals surface area contributed by atoms with Gasteiger partial charge in [-0.1, -0.05) is 30.3 Å². The number of carbonyl (C=O) groups excluding carboxylic acids is 2. The number of benzene rings is 1. The van der Waals surface area contributed by atoms with E-state index in [9.17, 15) is 9.59 Å². The highest BCUT2D eigenvalue weighted by Crippen LogP contribution is 2.06. The molecular weight excluding hydrogens is 304 g/mol. The van der Waals surface area contributed by atoms with E-state index in [4.69, 9.17) is 0 Å². The van der Waals surface area contributed by atoms with E-state index in [1.165, 1.54) is 0 Å². The number of aromatic nitrogens is 2. The Kier molecular flexibility index (Phi) is 4.56. The summed E-state index contributed by atoms with van der Waals surface area (Å²) < 4.78 is 1.62. The van der Waals surface area contributed by atoms with Gasteiger partial charge in [-0.2, -0.15) is 5.10 Å². The van der Waals surface area contributed by atoms with Gasteiger partial charge < -0.3 is 10.6 Å². The third kappa shape index (κ3) is 3.60. The molecule has 0 radical (unpaired) electrons. The maximum Gasteiger partial charge on any atom is 0.272 e. The monoisotopic (exact) mass is 322 g/mol. The van der Waals surface area contributed by atoms with Crippen LogP contribution in [0.3, 0.4) is 0 Å². The molecule has 24 heavy (non-hydrogen) atoms. The van der Waals surface area contributed by atoms with Gasteiger partial charge in [0.25, 0.3) is 5.91 Å². The topological polar surface area (TPSA) is 75.5 Å². The van der Waals surface area contributed by atoms with Crippen molar-refractivity contribution >= 4 is 17.3 Å². The molecular formula is C18H18N4O2. The van der Waals surface area contributed by atoms with Gasteiger partial charge in [0.05, 0.1) is 12.1 Å². The van der Waals surface area contributed by atoms with Crippen LogP contribution in [-0.2, 0) is 11.3 Å². The number of amides is 2. The molecule has 1 aromatic carbocycles. The Hall–Kier alpha value is -3.15. The molecule has 0 aliphatic rings. The summed E-state index contributed by atoms with van der Waals surface area (Å²) in [6.45, 7) is 2.35. The molecule has 2 heterocycles. The molecule has 0 aliphatic carbocycles. The molecule has 0 bridgehead atoms. The smallest absolute Gasteiger partial charge is 0.272 e. The highest BCUT2D eigenvalue weighted by molar-refractivity contribution is 5.95. The van der Waals surface area contributed by atoms with Gasteiger partial charge in [-0.3, -0.25) is 9.59 Å². The van der Waals surface area contributed by atoms with Crippen molar-refractivity contribution in [1.29, 1.82) is 0 Å². The van der Waals surface area contributed by atoms with E-state index < -0.39 is 0 Å². The van der Waals surface area contributed by atoms with Crippen LogP contribution in [0.25, 0.3) is 5.52 Å². The Morgan fingerprint density at radius 3 is 2.67 bits per heavy atom. The Bertz CT molecular complexity index is 852. The summed E-state index contributed by atoms with van der Waals surface area (Å²) >= 11 is 0. The molecule has 0 saturated heterocycles. The van der Waals surface area contributed by atoms with Crippen LogP contribution in [-0.4, -0.2) is 28.0 Å². The van der Waals surface area contributed by atoms with Gasteiger partial charge >= 0.3 is 0 Å². The first kappa shape index (κ1) is 15.7. The number of nitrogens with zero attached hydrogens (tertiary/aromatic N) is 2. The van der Waals surface area contributed by atoms with Crippen molar-refractivity contribution in [1.82, 2.24) is 20.2 Å². The first-order chi connectivity index (χ1) is 11.6. The summed E-state index contributed by atoms with van der Waals surface area (Å²) in [7, 11) is 0. The highest BCUT2D eigenvalue weighted by atomic mass is 16.2. The third-order valence-corrected chi connectivity index (χ3v) is 3.75. The second kappa shape index (κ2) is 6.95. The molecule has 0 atom stereocenters. The molecule has 3 rings (SSSR count). The molecule has 0 aliphatic heterocycles. The minimum atomic E-state index is -0.371. The first-order valence-corrected chi connectivity index (χ1v) is 7.67. The van der Waals surface area contributed by atoms with Crippen molar-refractivity contribution < 1.29 is 9.59 Å². The fraction of sp³-hybridized carbons (Fsp3) is 0.167. The minimum Gasteiger partial charge on any atom is -0.350 e. The predicted octanol–water partition coefficient (Wildman–Crippen LogP) is 1.69. The summed E-state index contributed by atoms with van der Waals surface area (Å²) in [5.74, 6) is -0.611. The van der Waals surface area contributed by atoms with E-state index in [1.807, 2.05) is 49.4 Å². The Balaban J connectivity index is 1.52. The van der Waals surface area contributed by atoms with Gasteiger partial charge in [0.15, 0.2) is 5.69 Å². The van der Waals surface area contributed by atoms with Crippen molar-refractivity contribution in [3.05, 3.63) is 71.5 Å². The number of aryl methyl sites for hydroxylation is 1. The van der Waals surface area contributed by atoms with Crippen LogP contribution in [0.15, 0.2) is 54.7 Å². The lowest BCUT2D eigenvalue weighted by molar-refractivity contribution is -0.120. The van der Waals surface area contributed by atoms with Crippen LogP contribution < -0.4 is 10.6 Å². The Labute approximate surface area is 139 Å². The molecule has 0 spiro atoms. The summed E-state index contributed by atoms with van der Waals surface area (Å²) in [4.78, 5) is 24.0. The lowest BCUT2D eigenvalue weighted by Gasteiger charge is -2.08. The van der Waals surface area contributed by atoms with Gasteiger partial charge in [0, 0.05) is 12.7 Å². The van der Waals surface area contributed by atoms with Crippen molar-refractivity contribution in [3.63, 3.8) is 0 Å². The van der Waals surface area contributed by atoms with Crippen LogP contribution in [0.5, 0.6) is 0 Å². The quantitative estimate of drug-likeness (QED) is 0.750. The number of pyridine rings is 1. The first-order valence-electron chi connectivity index (χ1n) is 7.67. The van der Waals surface area contributed by atoms with Crippen LogP contribution in [0, 0.1) is 6.92 Å². The summed E-state index contributed by atoms with van der Waals surface area (Å²) in [5.41, 5.74) is 3.28. The molecule has 6 heteroatoms. The van der Waals surface area contributed by atoms with Crippen molar-refractivity contribution in [2.45, 2.75) is 13.5 Å². The molecule has 6 nitrogen and oxygen atoms in total. The lowest BCUT2D eigenvalue weighted by Crippen LogP contribution is -2.36. The number of fused-ring (bicyclic) bond motifs is 1. The highest BCUT2D eigenvalue weighted by Gasteiger charge is 2.12. The normalized spacial score (nSPS) is 10.5. The van der Waals surface area contributed by atoms with Crippen molar-refractivity contribution in [2.24, 2.45) is 0 Å². The molecule has 0 saturated carbocycles. The zero-order chi connectivity index (χ0) is 16.9. The predicted molar refractivity (Wildman–Crippen MR) is 90.6 cm³/mol. The molecule has 0 unspecified atom stereocenters. The van der Waals surface area contributed by atoms with Gasteiger partial charge in [-0.25, -0.2) is 4.52 Å². The van der Waals surface area contributed by atoms with Crippen molar-refractivity contribution in [3.8, 4) is 0 Å². The minimum absolute atomic E-state index is 0.0847. The van der Waals surface area contributed by atoms with Gasteiger partial charge in [-0.05, 0) is 36.2 Å². The Morgan fingerprint density at radius 1 is 1.08 bits per heavy atom. The summed E-state index contributed by atoms with van der Waals surface area (Å²) in [5, 5.41) is 9.55. The van der Waals surface area contributed by atoms with E-state index in [-0.39, 0.29) is 24.1 Å².